The number of benzene rings is 4. The molecule has 9 rings (SSSR count). The number of esters is 5. The first kappa shape index (κ1) is 87.7. The lowest BCUT2D eigenvalue weighted by Gasteiger charge is -2.67. The number of halogens is 1. The second-order valence-electron chi connectivity index (χ2n) is 30.5. The summed E-state index contributed by atoms with van der Waals surface area (Å²) in [5.74, 6) is -12.2. The monoisotopic (exact) mass is 1640 g/mol. The molecule has 3 fully saturated rings. The van der Waals surface area contributed by atoms with Gasteiger partial charge in [-0.25, -0.2) is 24.0 Å². The predicted octanol–water partition coefficient (Wildman–Crippen LogP) is 9.44. The molecule has 30 nitrogen and oxygen atoms in total. The van der Waals surface area contributed by atoms with Gasteiger partial charge < -0.3 is 74.8 Å². The topological polar surface area (TPSA) is 431 Å². The van der Waals surface area contributed by atoms with Gasteiger partial charge in [0.1, 0.15) is 42.0 Å². The maximum Gasteiger partial charge on any atom is 0.350 e. The second kappa shape index (κ2) is 39.7. The summed E-state index contributed by atoms with van der Waals surface area (Å²) in [5, 5.41) is 70.6. The lowest BCUT2D eigenvalue weighted by atomic mass is 9.44. The number of carbonyl (C=O) groups excluding carboxylic acids is 9. The van der Waals surface area contributed by atoms with E-state index in [9.17, 15) is 68.4 Å². The van der Waals surface area contributed by atoms with Crippen LogP contribution in [0.3, 0.4) is 0 Å². The molecular formula is C83H102BrN7O23. The van der Waals surface area contributed by atoms with Gasteiger partial charge in [-0.2, -0.15) is 0 Å². The van der Waals surface area contributed by atoms with Gasteiger partial charge >= 0.3 is 53.8 Å². The number of aliphatic carboxylic acids is 3. The fourth-order valence-electron chi connectivity index (χ4n) is 16.1. The molecule has 5 aromatic rings. The smallest absolute Gasteiger partial charge is 0.350 e. The number of urea groups is 1. The summed E-state index contributed by atoms with van der Waals surface area (Å²) in [7, 11) is 0. The molecule has 1 saturated heterocycles. The summed E-state index contributed by atoms with van der Waals surface area (Å²) in [5.41, 5.74) is -6.23. The quantitative estimate of drug-likeness (QED) is 0.00783. The van der Waals surface area contributed by atoms with Crippen LogP contribution in [0.25, 0.3) is 0 Å². The average molecular weight is 1650 g/mol. The number of carboxylic acids is 3. The van der Waals surface area contributed by atoms with E-state index in [1.165, 1.54) is 26.0 Å². The SMILES string of the molecule is CC(=O)O[C@H]1C(=O)[C@@]2(C)[C@H]([C@H](OC(=O)c3ccccc3)[C@]3(O)C[C@H](OC(=O)[C@H](OC(=O)CCCc4cn(CCCCCCCCCCC(=O)N(CCCC[C@H](NC(=O)N[C@@H](CCC(=O)O)C(=O)O)C(=O)O)Cc5ccc(Br)cc5)nn4)[C@@H](NC(=O)c4ccccc4)c4ccccc4)C(C)=C1C3(C)C)[C@]1(OC(C)=O)CO[C@@H]1C[C@@H]2O. The molecule has 3 aliphatic carbocycles. The molecule has 0 spiro atoms. The van der Waals surface area contributed by atoms with E-state index in [1.807, 2.05) is 24.3 Å². The Hall–Kier alpha value is -10.2. The first-order valence-electron chi connectivity index (χ1n) is 38.6. The van der Waals surface area contributed by atoms with E-state index >= 15 is 9.59 Å². The molecule has 614 valence electrons. The van der Waals surface area contributed by atoms with Gasteiger partial charge in [0.05, 0.1) is 35.3 Å². The summed E-state index contributed by atoms with van der Waals surface area (Å²) in [6.45, 7) is 9.06. The van der Waals surface area contributed by atoms with Gasteiger partial charge in [-0.3, -0.25) is 38.2 Å². The van der Waals surface area contributed by atoms with Crippen LogP contribution in [-0.4, -0.2) is 190 Å². The standard InChI is InChI=1S/C83H102BrN7O23/c1-50-61(46-83(108)73(113-77(105)56-31-20-15-21-32-56)71-81(6,62(94)45-63-82(71,49-109-63)114-52(3)93)72(99)69(110-51(2)92)67(50)80(83,4)5)111-78(106)70(68(54-27-16-13-17-28-54)87-74(100)55-29-18-14-19-30-55)112-66(98)36-26-33-58-48-91(89-88-58)44-24-12-10-8-7-9-11-22-35-64(95)90(47-53-37-39-57(84)40-38-53)43-25-23-34-59(75(101)102)85-79(107)86-60(76(103)104)41-42-65(96)97/h13-21,27-32,37-40,48,59-63,68-71,73,94,108H,7-12,22-26,33-36,41-47,49H2,1-6H3,(H,87,100)(H,96,97)(H,101,102)(H,103,104)(H2,85,86,107)/t59-,60-,61-,62-,63+,68-,69+,70+,71-,73-,81+,82-,83+/m0/s1. The number of ketones is 1. The molecule has 2 bridgehead atoms. The zero-order valence-electron chi connectivity index (χ0n) is 64.8. The number of ether oxygens (including phenoxy) is 6. The van der Waals surface area contributed by atoms with Gasteiger partial charge in [-0.1, -0.05) is 152 Å². The Balaban J connectivity index is 0.823. The summed E-state index contributed by atoms with van der Waals surface area (Å²) in [6, 6.07) is 26.3. The molecular weight excluding hydrogens is 1540 g/mol. The molecule has 4 aliphatic rings. The number of unbranched alkanes of at least 4 members (excludes halogenated alkanes) is 8. The van der Waals surface area contributed by atoms with Crippen molar-refractivity contribution in [3.63, 3.8) is 0 Å². The molecule has 114 heavy (non-hydrogen) atoms. The minimum Gasteiger partial charge on any atom is -0.481 e. The summed E-state index contributed by atoms with van der Waals surface area (Å²) >= 11 is 3.44. The third kappa shape index (κ3) is 21.6. The van der Waals surface area contributed by atoms with Gasteiger partial charge in [-0.05, 0) is 124 Å². The van der Waals surface area contributed by atoms with Crippen molar-refractivity contribution in [3.8, 4) is 0 Å². The summed E-state index contributed by atoms with van der Waals surface area (Å²) in [6.07, 6.45) is -1.95. The maximum absolute atomic E-state index is 16.0. The highest BCUT2D eigenvalue weighted by atomic mass is 79.9. The van der Waals surface area contributed by atoms with Crippen molar-refractivity contribution in [2.24, 2.45) is 16.7 Å². The Morgan fingerprint density at radius 2 is 1.30 bits per heavy atom. The van der Waals surface area contributed by atoms with Gasteiger partial charge in [0.2, 0.25) is 12.0 Å². The number of nitrogens with one attached hydrogen (secondary N) is 3. The normalized spacial score (nSPS) is 23.0. The lowest BCUT2D eigenvalue weighted by molar-refractivity contribution is -0.346. The molecule has 0 radical (unpaired) electrons. The largest absolute Gasteiger partial charge is 0.481 e. The Morgan fingerprint density at radius 3 is 1.89 bits per heavy atom. The molecule has 1 aliphatic heterocycles. The van der Waals surface area contributed by atoms with Crippen LogP contribution in [0.5, 0.6) is 0 Å². The molecule has 0 unspecified atom stereocenters. The Morgan fingerprint density at radius 1 is 0.693 bits per heavy atom. The van der Waals surface area contributed by atoms with E-state index < -0.39 is 167 Å². The zero-order chi connectivity index (χ0) is 82.7. The van der Waals surface area contributed by atoms with Crippen LogP contribution in [0.4, 0.5) is 4.79 Å². The Kier molecular flexibility index (Phi) is 30.5. The highest BCUT2D eigenvalue weighted by molar-refractivity contribution is 9.10. The van der Waals surface area contributed by atoms with Gasteiger partial charge in [0.25, 0.3) is 5.91 Å². The number of aliphatic hydroxyl groups is 2. The number of aliphatic hydroxyl groups excluding tert-OH is 1. The highest BCUT2D eigenvalue weighted by Gasteiger charge is 2.78. The van der Waals surface area contributed by atoms with Crippen LogP contribution < -0.4 is 16.0 Å². The number of nitrogens with zero attached hydrogens (tertiary/aromatic N) is 4. The predicted molar refractivity (Wildman–Crippen MR) is 411 cm³/mol. The van der Waals surface area contributed by atoms with Crippen molar-refractivity contribution in [2.75, 3.05) is 13.2 Å². The molecule has 13 atom stereocenters. The van der Waals surface area contributed by atoms with Crippen molar-refractivity contribution in [2.45, 2.75) is 243 Å². The fourth-order valence-corrected chi connectivity index (χ4v) is 16.4. The van der Waals surface area contributed by atoms with Crippen molar-refractivity contribution in [1.29, 1.82) is 0 Å². The van der Waals surface area contributed by atoms with Crippen LogP contribution in [0.2, 0.25) is 0 Å². The number of rotatable bonds is 40. The minimum absolute atomic E-state index is 0.00909. The number of carbonyl (C=O) groups is 12. The number of fused-ring (bicyclic) bond motifs is 5. The maximum atomic E-state index is 16.0. The fraction of sp³-hybridized carbons (Fsp3) is 0.518. The summed E-state index contributed by atoms with van der Waals surface area (Å²) in [4.78, 5) is 164. The van der Waals surface area contributed by atoms with Crippen LogP contribution in [0, 0.1) is 16.7 Å². The molecule has 2 heterocycles. The van der Waals surface area contributed by atoms with E-state index in [1.54, 1.807) is 108 Å². The molecule has 1 aromatic heterocycles. The van der Waals surface area contributed by atoms with E-state index in [-0.39, 0.29) is 66.9 Å². The lowest BCUT2D eigenvalue weighted by Crippen LogP contribution is -2.82. The molecule has 8 N–H and O–H groups in total. The zero-order valence-corrected chi connectivity index (χ0v) is 66.4. The number of hydrogen-bond acceptors (Lipinski definition) is 22. The van der Waals surface area contributed by atoms with Crippen molar-refractivity contribution in [3.05, 3.63) is 165 Å². The van der Waals surface area contributed by atoms with Gasteiger partial charge in [-0.15, -0.1) is 5.10 Å². The number of aromatic nitrogens is 3. The number of aryl methyl sites for hydroxylation is 2. The van der Waals surface area contributed by atoms with E-state index in [4.69, 9.17) is 33.5 Å². The first-order valence-corrected chi connectivity index (χ1v) is 39.4. The molecule has 2 saturated carbocycles. The van der Waals surface area contributed by atoms with Crippen LogP contribution >= 0.6 is 15.9 Å². The number of amides is 4. The van der Waals surface area contributed by atoms with Gasteiger partial charge in [0, 0.05) is 87.2 Å². The van der Waals surface area contributed by atoms with E-state index in [0.29, 0.717) is 56.6 Å². The number of carboxylic acid groups (broad SMARTS) is 3. The van der Waals surface area contributed by atoms with Crippen molar-refractivity contribution < 1.29 is 111 Å². The summed E-state index contributed by atoms with van der Waals surface area (Å²) < 4.78 is 40.0. The van der Waals surface area contributed by atoms with Gasteiger partial charge in [0.15, 0.2) is 17.5 Å². The van der Waals surface area contributed by atoms with Crippen LogP contribution in [-0.2, 0) is 91.1 Å². The van der Waals surface area contributed by atoms with Crippen molar-refractivity contribution >= 4 is 87.3 Å². The van der Waals surface area contributed by atoms with E-state index in [0.717, 1.165) is 68.8 Å². The van der Waals surface area contributed by atoms with Crippen LogP contribution in [0.1, 0.15) is 201 Å². The second-order valence-corrected chi connectivity index (χ2v) is 31.4. The molecule has 31 heteroatoms. The first-order chi connectivity index (χ1) is 54.3. The third-order valence-electron chi connectivity index (χ3n) is 22.3. The Bertz CT molecular complexity index is 4280. The average Bonchev–Trinajstić information content (AvgIpc) is 0.683. The van der Waals surface area contributed by atoms with Crippen LogP contribution in [0.15, 0.2) is 137 Å². The molecule has 4 amide bonds. The van der Waals surface area contributed by atoms with E-state index in [2.05, 4.69) is 42.2 Å². The number of hydrogen-bond donors (Lipinski definition) is 8. The highest BCUT2D eigenvalue weighted by Crippen LogP contribution is 2.64. The van der Waals surface area contributed by atoms with Crippen molar-refractivity contribution in [1.82, 2.24) is 35.8 Å². The number of Topliss-reactive ketones (excluding diaryl/α,β-unsaturated/α-hetero) is 1. The third-order valence-corrected chi connectivity index (χ3v) is 22.8. The minimum atomic E-state index is -2.51. The Labute approximate surface area is 668 Å². The molecule has 4 aromatic carbocycles.